The van der Waals surface area contributed by atoms with Gasteiger partial charge in [-0.15, -0.1) is 11.3 Å². The first kappa shape index (κ1) is 14.2. The summed E-state index contributed by atoms with van der Waals surface area (Å²) in [6.45, 7) is 1.87. The Labute approximate surface area is 116 Å². The summed E-state index contributed by atoms with van der Waals surface area (Å²) < 4.78 is 39.1. The number of benzene rings is 1. The highest BCUT2D eigenvalue weighted by Crippen LogP contribution is 2.20. The molecule has 0 bridgehead atoms. The first-order valence-electron chi connectivity index (χ1n) is 5.66. The summed E-state index contributed by atoms with van der Waals surface area (Å²) in [4.78, 5) is 1.08. The largest absolute Gasteiger partial charge is 0.243 e. The summed E-state index contributed by atoms with van der Waals surface area (Å²) in [5, 5.41) is 1.90. The van der Waals surface area contributed by atoms with Gasteiger partial charge in [0.25, 0.3) is 0 Å². The van der Waals surface area contributed by atoms with Crippen molar-refractivity contribution >= 4 is 21.4 Å². The zero-order valence-corrected chi connectivity index (χ0v) is 12.3. The molecule has 0 saturated carbocycles. The van der Waals surface area contributed by atoms with Gasteiger partial charge in [0.05, 0.1) is 4.90 Å². The van der Waals surface area contributed by atoms with E-state index in [9.17, 15) is 12.8 Å². The van der Waals surface area contributed by atoms with Gasteiger partial charge in [-0.25, -0.2) is 12.8 Å². The van der Waals surface area contributed by atoms with E-state index in [0.29, 0.717) is 12.1 Å². The van der Waals surface area contributed by atoms with E-state index in [1.54, 1.807) is 6.92 Å². The number of sulfonamides is 1. The Bertz CT molecular complexity index is 666. The van der Waals surface area contributed by atoms with Gasteiger partial charge in [-0.05, 0) is 42.1 Å². The number of thiophene rings is 1. The SMILES string of the molecule is Cc1cc(S(=O)(=O)N(C)Cc2cccs2)ccc1F. The lowest BCUT2D eigenvalue weighted by molar-refractivity contribution is 0.469. The molecule has 3 nitrogen and oxygen atoms in total. The van der Waals surface area contributed by atoms with Crippen molar-refractivity contribution < 1.29 is 12.8 Å². The predicted molar refractivity (Wildman–Crippen MR) is 74.1 cm³/mol. The topological polar surface area (TPSA) is 37.4 Å². The van der Waals surface area contributed by atoms with E-state index in [1.165, 1.54) is 40.9 Å². The summed E-state index contributed by atoms with van der Waals surface area (Å²) in [5.41, 5.74) is 0.325. The minimum Gasteiger partial charge on any atom is -0.207 e. The molecule has 0 unspecified atom stereocenters. The van der Waals surface area contributed by atoms with Gasteiger partial charge in [-0.2, -0.15) is 4.31 Å². The predicted octanol–water partition coefficient (Wildman–Crippen LogP) is 3.02. The molecular weight excluding hydrogens is 285 g/mol. The van der Waals surface area contributed by atoms with Gasteiger partial charge >= 0.3 is 0 Å². The average Bonchev–Trinajstić information content (AvgIpc) is 2.85. The molecule has 1 aromatic heterocycles. The van der Waals surface area contributed by atoms with Crippen LogP contribution in [0.15, 0.2) is 40.6 Å². The molecule has 6 heteroatoms. The molecular formula is C13H14FNO2S2. The molecule has 0 fully saturated rings. The smallest absolute Gasteiger partial charge is 0.207 e. The second-order valence-electron chi connectivity index (χ2n) is 4.25. The van der Waals surface area contributed by atoms with Crippen LogP contribution in [0.3, 0.4) is 0 Å². The minimum atomic E-state index is -3.58. The van der Waals surface area contributed by atoms with E-state index in [4.69, 9.17) is 0 Å². The second kappa shape index (κ2) is 5.40. The van der Waals surface area contributed by atoms with E-state index in [-0.39, 0.29) is 4.90 Å². The molecule has 2 aromatic rings. The maximum Gasteiger partial charge on any atom is 0.243 e. The number of rotatable bonds is 4. The molecule has 0 spiro atoms. The zero-order valence-electron chi connectivity index (χ0n) is 10.6. The number of hydrogen-bond donors (Lipinski definition) is 0. The Kier molecular flexibility index (Phi) is 4.03. The van der Waals surface area contributed by atoms with E-state index >= 15 is 0 Å². The van der Waals surface area contributed by atoms with Crippen molar-refractivity contribution in [2.45, 2.75) is 18.4 Å². The van der Waals surface area contributed by atoms with Crippen LogP contribution in [0.25, 0.3) is 0 Å². The Hall–Kier alpha value is -1.24. The normalized spacial score (nSPS) is 12.0. The highest BCUT2D eigenvalue weighted by atomic mass is 32.2. The van der Waals surface area contributed by atoms with Crippen LogP contribution < -0.4 is 0 Å². The molecule has 0 saturated heterocycles. The van der Waals surface area contributed by atoms with Gasteiger partial charge in [-0.3, -0.25) is 0 Å². The quantitative estimate of drug-likeness (QED) is 0.870. The first-order chi connectivity index (χ1) is 8.91. The molecule has 0 N–H and O–H groups in total. The van der Waals surface area contributed by atoms with Crippen LogP contribution in [0.1, 0.15) is 10.4 Å². The Morgan fingerprint density at radius 2 is 2.05 bits per heavy atom. The van der Waals surface area contributed by atoms with Crippen LogP contribution in [0, 0.1) is 12.7 Å². The van der Waals surface area contributed by atoms with Gasteiger partial charge in [0.2, 0.25) is 10.0 Å². The summed E-state index contributed by atoms with van der Waals surface area (Å²) in [5.74, 6) is -0.403. The number of aryl methyl sites for hydroxylation is 1. The molecule has 0 atom stereocenters. The van der Waals surface area contributed by atoms with Crippen LogP contribution in [0.5, 0.6) is 0 Å². The molecule has 0 amide bonds. The molecule has 0 aliphatic heterocycles. The minimum absolute atomic E-state index is 0.116. The Morgan fingerprint density at radius 1 is 1.32 bits per heavy atom. The van der Waals surface area contributed by atoms with Crippen molar-refractivity contribution in [1.82, 2.24) is 4.31 Å². The number of nitrogens with zero attached hydrogens (tertiary/aromatic N) is 1. The van der Waals surface area contributed by atoms with Gasteiger partial charge in [0.15, 0.2) is 0 Å². The molecule has 19 heavy (non-hydrogen) atoms. The lowest BCUT2D eigenvalue weighted by Crippen LogP contribution is -2.26. The van der Waals surface area contributed by atoms with Gasteiger partial charge in [0.1, 0.15) is 5.82 Å². The van der Waals surface area contributed by atoms with Crippen molar-refractivity contribution in [1.29, 1.82) is 0 Å². The third-order valence-electron chi connectivity index (χ3n) is 2.80. The first-order valence-corrected chi connectivity index (χ1v) is 7.98. The summed E-state index contributed by atoms with van der Waals surface area (Å²) in [6, 6.07) is 7.59. The molecule has 0 radical (unpaired) electrons. The Morgan fingerprint density at radius 3 is 2.63 bits per heavy atom. The van der Waals surface area contributed by atoms with Gasteiger partial charge in [0, 0.05) is 18.5 Å². The molecule has 0 aliphatic carbocycles. The molecule has 1 heterocycles. The lowest BCUT2D eigenvalue weighted by Gasteiger charge is -2.16. The fraction of sp³-hybridized carbons (Fsp3) is 0.231. The Balaban J connectivity index is 2.28. The number of halogens is 1. The van der Waals surface area contributed by atoms with Crippen LogP contribution in [0.2, 0.25) is 0 Å². The van der Waals surface area contributed by atoms with Crippen molar-refractivity contribution in [2.24, 2.45) is 0 Å². The third kappa shape index (κ3) is 3.02. The molecule has 102 valence electrons. The number of hydrogen-bond acceptors (Lipinski definition) is 3. The molecule has 0 aliphatic rings. The van der Waals surface area contributed by atoms with Crippen molar-refractivity contribution in [2.75, 3.05) is 7.05 Å². The van der Waals surface area contributed by atoms with Crippen molar-refractivity contribution in [3.8, 4) is 0 Å². The molecule has 1 aromatic carbocycles. The fourth-order valence-electron chi connectivity index (χ4n) is 1.66. The van der Waals surface area contributed by atoms with Crippen LogP contribution in [-0.2, 0) is 16.6 Å². The van der Waals surface area contributed by atoms with E-state index in [1.807, 2.05) is 17.5 Å². The summed E-state index contributed by atoms with van der Waals surface area (Å²) in [6.07, 6.45) is 0. The monoisotopic (exact) mass is 299 g/mol. The fourth-order valence-corrected chi connectivity index (χ4v) is 3.74. The highest BCUT2D eigenvalue weighted by Gasteiger charge is 2.21. The van der Waals surface area contributed by atoms with Crippen molar-refractivity contribution in [3.05, 3.63) is 52.0 Å². The average molecular weight is 299 g/mol. The van der Waals surface area contributed by atoms with Gasteiger partial charge in [-0.1, -0.05) is 6.07 Å². The maximum absolute atomic E-state index is 13.2. The van der Waals surface area contributed by atoms with Gasteiger partial charge < -0.3 is 0 Å². The zero-order chi connectivity index (χ0) is 14.0. The van der Waals surface area contributed by atoms with Crippen LogP contribution in [0.4, 0.5) is 4.39 Å². The van der Waals surface area contributed by atoms with Crippen LogP contribution >= 0.6 is 11.3 Å². The maximum atomic E-state index is 13.2. The summed E-state index contributed by atoms with van der Waals surface area (Å²) >= 11 is 1.50. The summed E-state index contributed by atoms with van der Waals surface area (Å²) in [7, 11) is -2.06. The third-order valence-corrected chi connectivity index (χ3v) is 5.46. The second-order valence-corrected chi connectivity index (χ2v) is 7.33. The van der Waals surface area contributed by atoms with Crippen LogP contribution in [-0.4, -0.2) is 19.8 Å². The standard InChI is InChI=1S/C13H14FNO2S2/c1-10-8-12(5-6-13(10)14)19(16,17)15(2)9-11-4-3-7-18-11/h3-8H,9H2,1-2H3. The highest BCUT2D eigenvalue weighted by molar-refractivity contribution is 7.89. The molecule has 2 rings (SSSR count). The lowest BCUT2D eigenvalue weighted by atomic mass is 10.2. The van der Waals surface area contributed by atoms with E-state index in [0.717, 1.165) is 4.88 Å². The van der Waals surface area contributed by atoms with Crippen molar-refractivity contribution in [3.63, 3.8) is 0 Å². The van der Waals surface area contributed by atoms with E-state index in [2.05, 4.69) is 0 Å². The van der Waals surface area contributed by atoms with E-state index < -0.39 is 15.8 Å².